The maximum atomic E-state index is 12.8. The van der Waals surface area contributed by atoms with Crippen LogP contribution in [0.3, 0.4) is 0 Å². The number of primary amides is 1. The van der Waals surface area contributed by atoms with Gasteiger partial charge in [-0.2, -0.15) is 0 Å². The molecular formula is C20H21N3O5S. The fourth-order valence-electron chi connectivity index (χ4n) is 3.35. The summed E-state index contributed by atoms with van der Waals surface area (Å²) in [7, 11) is 0. The van der Waals surface area contributed by atoms with Crippen molar-refractivity contribution in [2.45, 2.75) is 25.8 Å². The maximum Gasteiger partial charge on any atom is 0.318 e. The van der Waals surface area contributed by atoms with Gasteiger partial charge >= 0.3 is 12.0 Å². The van der Waals surface area contributed by atoms with E-state index in [-0.39, 0.29) is 12.3 Å². The molecule has 2 aromatic rings. The zero-order valence-electron chi connectivity index (χ0n) is 15.8. The van der Waals surface area contributed by atoms with Gasteiger partial charge < -0.3 is 15.4 Å². The standard InChI is InChI=1S/C20H21N3O5S/c1-12-4-6-13(7-5-12)23-17(25)9-8-14(18(23)15-3-2-10-29-15)19(26)28-11-16(24)22-20(21)27/h2-7,10,14,18H,8-9,11H2,1H3,(H3,21,22,24,27)/t14-,18-/m0/s1. The number of amides is 4. The van der Waals surface area contributed by atoms with Gasteiger partial charge in [-0.25, -0.2) is 4.79 Å². The molecule has 9 heteroatoms. The van der Waals surface area contributed by atoms with Gasteiger partial charge in [-0.05, 0) is 36.9 Å². The molecule has 1 aliphatic rings. The molecule has 4 amide bonds. The van der Waals surface area contributed by atoms with Crippen molar-refractivity contribution in [1.82, 2.24) is 5.32 Å². The van der Waals surface area contributed by atoms with Crippen LogP contribution in [0.1, 0.15) is 29.3 Å². The highest BCUT2D eigenvalue weighted by Gasteiger charge is 2.43. The Balaban J connectivity index is 1.86. The number of carbonyl (C=O) groups is 4. The zero-order chi connectivity index (χ0) is 21.0. The molecular weight excluding hydrogens is 394 g/mol. The normalized spacial score (nSPS) is 18.9. The number of nitrogens with two attached hydrogens (primary N) is 1. The molecule has 1 fully saturated rings. The van der Waals surface area contributed by atoms with E-state index in [0.717, 1.165) is 10.4 Å². The summed E-state index contributed by atoms with van der Waals surface area (Å²) in [5, 5.41) is 3.73. The van der Waals surface area contributed by atoms with Gasteiger partial charge in [0.15, 0.2) is 6.61 Å². The van der Waals surface area contributed by atoms with Gasteiger partial charge in [0.05, 0.1) is 12.0 Å². The van der Waals surface area contributed by atoms with Crippen molar-refractivity contribution in [3.05, 3.63) is 52.2 Å². The van der Waals surface area contributed by atoms with E-state index in [4.69, 9.17) is 10.5 Å². The number of thiophene rings is 1. The minimum absolute atomic E-state index is 0.0808. The van der Waals surface area contributed by atoms with E-state index in [1.165, 1.54) is 11.3 Å². The molecule has 2 atom stereocenters. The van der Waals surface area contributed by atoms with E-state index >= 15 is 0 Å². The number of esters is 1. The van der Waals surface area contributed by atoms with Gasteiger partial charge in [0, 0.05) is 17.0 Å². The number of anilines is 1. The van der Waals surface area contributed by atoms with Crippen molar-refractivity contribution in [2.24, 2.45) is 11.7 Å². The number of nitrogens with zero attached hydrogens (tertiary/aromatic N) is 1. The molecule has 29 heavy (non-hydrogen) atoms. The van der Waals surface area contributed by atoms with Gasteiger partial charge in [0.25, 0.3) is 5.91 Å². The van der Waals surface area contributed by atoms with Crippen LogP contribution in [0.15, 0.2) is 41.8 Å². The van der Waals surface area contributed by atoms with Crippen LogP contribution in [-0.4, -0.2) is 30.4 Å². The third-order valence-corrected chi connectivity index (χ3v) is 5.60. The molecule has 1 aromatic heterocycles. The lowest BCUT2D eigenvalue weighted by Crippen LogP contribution is -2.46. The van der Waals surface area contributed by atoms with Crippen LogP contribution in [0, 0.1) is 12.8 Å². The molecule has 1 aromatic carbocycles. The Kier molecular flexibility index (Phi) is 6.28. The van der Waals surface area contributed by atoms with Crippen LogP contribution in [0.5, 0.6) is 0 Å². The van der Waals surface area contributed by atoms with Crippen molar-refractivity contribution >= 4 is 40.8 Å². The Morgan fingerprint density at radius 1 is 1.24 bits per heavy atom. The Morgan fingerprint density at radius 3 is 2.59 bits per heavy atom. The predicted molar refractivity (Wildman–Crippen MR) is 107 cm³/mol. The molecule has 1 aliphatic heterocycles. The second-order valence-corrected chi connectivity index (χ2v) is 7.70. The molecule has 3 N–H and O–H groups in total. The first-order valence-corrected chi connectivity index (χ1v) is 9.93. The molecule has 0 bridgehead atoms. The van der Waals surface area contributed by atoms with Gasteiger partial charge in [-0.15, -0.1) is 11.3 Å². The minimum atomic E-state index is -1.02. The largest absolute Gasteiger partial charge is 0.455 e. The first-order valence-electron chi connectivity index (χ1n) is 9.05. The summed E-state index contributed by atoms with van der Waals surface area (Å²) in [4.78, 5) is 50.4. The highest BCUT2D eigenvalue weighted by atomic mass is 32.1. The summed E-state index contributed by atoms with van der Waals surface area (Å²) < 4.78 is 5.12. The number of carbonyl (C=O) groups excluding carboxylic acids is 4. The third-order valence-electron chi connectivity index (χ3n) is 4.65. The number of aryl methyl sites for hydroxylation is 1. The molecule has 2 heterocycles. The number of piperidine rings is 1. The summed E-state index contributed by atoms with van der Waals surface area (Å²) in [6.07, 6.45) is 0.489. The molecule has 1 saturated heterocycles. The number of nitrogens with one attached hydrogen (secondary N) is 1. The smallest absolute Gasteiger partial charge is 0.318 e. The van der Waals surface area contributed by atoms with E-state index in [2.05, 4.69) is 0 Å². The Bertz CT molecular complexity index is 911. The van der Waals surface area contributed by atoms with E-state index in [1.54, 1.807) is 4.90 Å². The first kappa shape index (κ1) is 20.5. The van der Waals surface area contributed by atoms with Crippen LogP contribution in [0.2, 0.25) is 0 Å². The highest BCUT2D eigenvalue weighted by Crippen LogP contribution is 2.42. The zero-order valence-corrected chi connectivity index (χ0v) is 16.6. The summed E-state index contributed by atoms with van der Waals surface area (Å²) in [6, 6.07) is 9.68. The average molecular weight is 415 g/mol. The monoisotopic (exact) mass is 415 g/mol. The van der Waals surface area contributed by atoms with E-state index in [0.29, 0.717) is 12.1 Å². The lowest BCUT2D eigenvalue weighted by atomic mass is 9.87. The number of hydrogen-bond donors (Lipinski definition) is 2. The minimum Gasteiger partial charge on any atom is -0.455 e. The molecule has 152 valence electrons. The van der Waals surface area contributed by atoms with E-state index in [9.17, 15) is 19.2 Å². The third kappa shape index (κ3) is 4.80. The van der Waals surface area contributed by atoms with E-state index in [1.807, 2.05) is 54.0 Å². The summed E-state index contributed by atoms with van der Waals surface area (Å²) in [5.74, 6) is -2.13. The van der Waals surface area contributed by atoms with Gasteiger partial charge in [0.1, 0.15) is 0 Å². The topological polar surface area (TPSA) is 119 Å². The lowest BCUT2D eigenvalue weighted by molar-refractivity contribution is -0.154. The Labute approximate surface area is 171 Å². The average Bonchev–Trinajstić information content (AvgIpc) is 3.20. The van der Waals surface area contributed by atoms with Gasteiger partial charge in [0.2, 0.25) is 5.91 Å². The number of hydrogen-bond acceptors (Lipinski definition) is 6. The number of rotatable bonds is 5. The molecule has 0 aliphatic carbocycles. The molecule has 8 nitrogen and oxygen atoms in total. The SMILES string of the molecule is Cc1ccc(N2C(=O)CC[C@H](C(=O)OCC(=O)NC(N)=O)[C@H]2c2cccs2)cc1. The molecule has 0 unspecified atom stereocenters. The molecule has 3 rings (SSSR count). The van der Waals surface area contributed by atoms with Gasteiger partial charge in [-0.3, -0.25) is 19.7 Å². The van der Waals surface area contributed by atoms with Crippen molar-refractivity contribution in [1.29, 1.82) is 0 Å². The van der Waals surface area contributed by atoms with Crippen LogP contribution < -0.4 is 16.0 Å². The fraction of sp³-hybridized carbons (Fsp3) is 0.300. The predicted octanol–water partition coefficient (Wildman–Crippen LogP) is 2.28. The fourth-order valence-corrected chi connectivity index (χ4v) is 4.23. The maximum absolute atomic E-state index is 12.8. The molecule has 0 spiro atoms. The van der Waals surface area contributed by atoms with E-state index < -0.39 is 36.5 Å². The van der Waals surface area contributed by atoms with Crippen molar-refractivity contribution < 1.29 is 23.9 Å². The Morgan fingerprint density at radius 2 is 1.97 bits per heavy atom. The van der Waals surface area contributed by atoms with Crippen LogP contribution in [0.4, 0.5) is 10.5 Å². The number of urea groups is 1. The summed E-state index contributed by atoms with van der Waals surface area (Å²) in [6.45, 7) is 1.34. The molecule has 0 radical (unpaired) electrons. The second-order valence-electron chi connectivity index (χ2n) is 6.72. The summed E-state index contributed by atoms with van der Waals surface area (Å²) in [5.41, 5.74) is 6.64. The number of benzene rings is 1. The number of ether oxygens (including phenoxy) is 1. The lowest BCUT2D eigenvalue weighted by Gasteiger charge is -2.39. The second kappa shape index (κ2) is 8.87. The summed E-state index contributed by atoms with van der Waals surface area (Å²) >= 11 is 1.44. The van der Waals surface area contributed by atoms with Crippen LogP contribution >= 0.6 is 11.3 Å². The first-order chi connectivity index (χ1) is 13.9. The Hall–Kier alpha value is -3.20. The van der Waals surface area contributed by atoms with Crippen LogP contribution in [-0.2, 0) is 19.1 Å². The van der Waals surface area contributed by atoms with Gasteiger partial charge in [-0.1, -0.05) is 23.8 Å². The number of imide groups is 1. The van der Waals surface area contributed by atoms with Crippen molar-refractivity contribution in [3.8, 4) is 0 Å². The van der Waals surface area contributed by atoms with Crippen LogP contribution in [0.25, 0.3) is 0 Å². The van der Waals surface area contributed by atoms with Crippen molar-refractivity contribution in [3.63, 3.8) is 0 Å². The van der Waals surface area contributed by atoms with Crippen molar-refractivity contribution in [2.75, 3.05) is 11.5 Å². The highest BCUT2D eigenvalue weighted by molar-refractivity contribution is 7.10. The quantitative estimate of drug-likeness (QED) is 0.726. The molecule has 0 saturated carbocycles.